The Kier molecular flexibility index (Phi) is 6.20. The zero-order valence-corrected chi connectivity index (χ0v) is 17.3. The lowest BCUT2D eigenvalue weighted by Gasteiger charge is -2.08. The Bertz CT molecular complexity index is 1200. The summed E-state index contributed by atoms with van der Waals surface area (Å²) in [6.45, 7) is 0. The largest absolute Gasteiger partial charge is 0.506 e. The third-order valence-corrected chi connectivity index (χ3v) is 5.35. The molecule has 0 unspecified atom stereocenters. The van der Waals surface area contributed by atoms with E-state index in [9.17, 15) is 20.5 Å². The summed E-state index contributed by atoms with van der Waals surface area (Å²) in [5.41, 5.74) is 0.852. The van der Waals surface area contributed by atoms with Gasteiger partial charge in [0, 0.05) is 28.6 Å². The van der Waals surface area contributed by atoms with Gasteiger partial charge in [0.25, 0.3) is 5.69 Å². The Morgan fingerprint density at radius 3 is 2.60 bits per heavy atom. The number of aromatic nitrogens is 1. The van der Waals surface area contributed by atoms with Crippen molar-refractivity contribution in [1.29, 1.82) is 5.26 Å². The molecule has 1 aromatic heterocycles. The first-order chi connectivity index (χ1) is 14.4. The van der Waals surface area contributed by atoms with Gasteiger partial charge >= 0.3 is 0 Å². The number of methoxy groups -OCH3 is 2. The van der Waals surface area contributed by atoms with E-state index in [0.717, 1.165) is 23.0 Å². The fraction of sp³-hybridized carbons (Fsp3) is 0.100. The van der Waals surface area contributed by atoms with Crippen molar-refractivity contribution in [1.82, 2.24) is 4.98 Å². The number of nitro groups is 1. The number of rotatable bonds is 6. The van der Waals surface area contributed by atoms with Crippen molar-refractivity contribution in [3.05, 3.63) is 67.5 Å². The number of nitrogens with zero attached hydrogens (tertiary/aromatic N) is 3. The Hall–Kier alpha value is -3.61. The Labute approximate surface area is 180 Å². The Morgan fingerprint density at radius 1 is 1.23 bits per heavy atom. The molecule has 3 aromatic rings. The van der Waals surface area contributed by atoms with Crippen molar-refractivity contribution >= 4 is 40.0 Å². The number of allylic oxidation sites excluding steroid dienone is 1. The van der Waals surface area contributed by atoms with Crippen LogP contribution in [0, 0.1) is 21.4 Å². The van der Waals surface area contributed by atoms with Crippen LogP contribution in [0.3, 0.4) is 0 Å². The van der Waals surface area contributed by atoms with E-state index in [2.05, 4.69) is 4.98 Å². The molecular weight excluding hydrogens is 430 g/mol. The van der Waals surface area contributed by atoms with Gasteiger partial charge in [-0.25, -0.2) is 4.98 Å². The number of aliphatic hydroxyl groups excluding tert-OH is 1. The number of thiazole rings is 1. The number of nitro benzene ring substituents is 1. The number of halogens is 1. The fourth-order valence-corrected chi connectivity index (χ4v) is 3.69. The number of benzene rings is 2. The van der Waals surface area contributed by atoms with E-state index in [1.165, 1.54) is 26.4 Å². The van der Waals surface area contributed by atoms with Crippen LogP contribution in [-0.4, -0.2) is 29.2 Å². The lowest BCUT2D eigenvalue weighted by Crippen LogP contribution is -1.94. The zero-order valence-electron chi connectivity index (χ0n) is 15.7. The average molecular weight is 444 g/mol. The molecule has 8 nitrogen and oxygen atoms in total. The number of hydrogen-bond acceptors (Lipinski definition) is 8. The van der Waals surface area contributed by atoms with Crippen molar-refractivity contribution < 1.29 is 19.5 Å². The normalized spacial score (nSPS) is 11.4. The third kappa shape index (κ3) is 4.05. The Balaban J connectivity index is 2.06. The molecule has 1 N–H and O–H groups in total. The van der Waals surface area contributed by atoms with Crippen LogP contribution >= 0.6 is 22.9 Å². The topological polar surface area (TPSA) is 119 Å². The molecule has 2 aromatic carbocycles. The minimum absolute atomic E-state index is 0.0229. The molecule has 10 heteroatoms. The highest BCUT2D eigenvalue weighted by atomic mass is 35.5. The van der Waals surface area contributed by atoms with Crippen LogP contribution in [0.15, 0.2) is 41.8 Å². The lowest BCUT2D eigenvalue weighted by molar-refractivity contribution is -0.384. The van der Waals surface area contributed by atoms with E-state index < -0.39 is 10.7 Å². The summed E-state index contributed by atoms with van der Waals surface area (Å²) in [5, 5.41) is 33.3. The second kappa shape index (κ2) is 8.82. The van der Waals surface area contributed by atoms with E-state index in [1.54, 1.807) is 23.6 Å². The molecule has 0 saturated carbocycles. The van der Waals surface area contributed by atoms with E-state index in [4.69, 9.17) is 21.1 Å². The molecule has 0 atom stereocenters. The molecular formula is C20H14ClN3O5S. The minimum atomic E-state index is -0.613. The summed E-state index contributed by atoms with van der Waals surface area (Å²) in [7, 11) is 3.05. The molecule has 3 rings (SSSR count). The molecule has 0 radical (unpaired) electrons. The Morgan fingerprint density at radius 2 is 1.97 bits per heavy atom. The van der Waals surface area contributed by atoms with Gasteiger partial charge in [0.2, 0.25) is 0 Å². The SMILES string of the molecule is COc1ccc(-c2csc(/C(C#N)=C(\O)c3cc([N+](=O)[O-])ccc3Cl)n2)cc1OC. The van der Waals surface area contributed by atoms with Gasteiger partial charge in [0.15, 0.2) is 11.5 Å². The predicted octanol–water partition coefficient (Wildman–Crippen LogP) is 5.34. The van der Waals surface area contributed by atoms with Gasteiger partial charge in [-0.05, 0) is 24.3 Å². The second-order valence-electron chi connectivity index (χ2n) is 5.86. The second-order valence-corrected chi connectivity index (χ2v) is 7.13. The summed E-state index contributed by atoms with van der Waals surface area (Å²) in [4.78, 5) is 14.8. The van der Waals surface area contributed by atoms with Crippen molar-refractivity contribution in [3.63, 3.8) is 0 Å². The quantitative estimate of drug-likeness (QED) is 0.236. The smallest absolute Gasteiger partial charge is 0.270 e. The monoisotopic (exact) mass is 443 g/mol. The first-order valence-corrected chi connectivity index (χ1v) is 9.61. The standard InChI is InChI=1S/C20H14ClN3O5S/c1-28-17-6-3-11(7-18(17)29-2)16-10-30-20(23-16)14(9-22)19(25)13-8-12(24(26)27)4-5-15(13)21/h3-8,10,25H,1-2H3/b19-14-. The summed E-state index contributed by atoms with van der Waals surface area (Å²) >= 11 is 7.22. The molecule has 0 aliphatic heterocycles. The van der Waals surface area contributed by atoms with Gasteiger partial charge in [0.05, 0.1) is 29.9 Å². The number of aliphatic hydroxyl groups is 1. The molecule has 152 valence electrons. The van der Waals surface area contributed by atoms with Crippen LogP contribution in [0.4, 0.5) is 5.69 Å². The molecule has 0 spiro atoms. The van der Waals surface area contributed by atoms with Crippen molar-refractivity contribution in [3.8, 4) is 28.8 Å². The number of nitriles is 1. The van der Waals surface area contributed by atoms with Crippen LogP contribution in [-0.2, 0) is 0 Å². The predicted molar refractivity (Wildman–Crippen MR) is 114 cm³/mol. The fourth-order valence-electron chi connectivity index (χ4n) is 2.66. The third-order valence-electron chi connectivity index (χ3n) is 4.16. The highest BCUT2D eigenvalue weighted by Gasteiger charge is 2.20. The van der Waals surface area contributed by atoms with Crippen LogP contribution in [0.2, 0.25) is 5.02 Å². The highest BCUT2D eigenvalue weighted by molar-refractivity contribution is 7.11. The summed E-state index contributed by atoms with van der Waals surface area (Å²) in [6.07, 6.45) is 0. The highest BCUT2D eigenvalue weighted by Crippen LogP contribution is 2.36. The average Bonchev–Trinajstić information content (AvgIpc) is 3.23. The van der Waals surface area contributed by atoms with Crippen molar-refractivity contribution in [2.75, 3.05) is 14.2 Å². The molecule has 0 fully saturated rings. The van der Waals surface area contributed by atoms with Gasteiger partial charge < -0.3 is 14.6 Å². The number of hydrogen-bond donors (Lipinski definition) is 1. The molecule has 0 aliphatic rings. The summed E-state index contributed by atoms with van der Waals surface area (Å²) in [5.74, 6) is 0.596. The van der Waals surface area contributed by atoms with E-state index in [0.29, 0.717) is 17.2 Å². The van der Waals surface area contributed by atoms with Gasteiger partial charge in [-0.3, -0.25) is 10.1 Å². The van der Waals surface area contributed by atoms with Crippen LogP contribution in [0.25, 0.3) is 22.6 Å². The van der Waals surface area contributed by atoms with Crippen LogP contribution in [0.1, 0.15) is 10.6 Å². The minimum Gasteiger partial charge on any atom is -0.506 e. The maximum atomic E-state index is 11.0. The summed E-state index contributed by atoms with van der Waals surface area (Å²) < 4.78 is 10.5. The lowest BCUT2D eigenvalue weighted by atomic mass is 10.1. The molecule has 0 aliphatic carbocycles. The van der Waals surface area contributed by atoms with Gasteiger partial charge in [-0.1, -0.05) is 11.6 Å². The molecule has 0 saturated heterocycles. The maximum absolute atomic E-state index is 11.0. The van der Waals surface area contributed by atoms with Crippen LogP contribution < -0.4 is 9.47 Å². The van der Waals surface area contributed by atoms with Crippen molar-refractivity contribution in [2.45, 2.75) is 0 Å². The first-order valence-electron chi connectivity index (χ1n) is 8.35. The molecule has 1 heterocycles. The molecule has 0 amide bonds. The maximum Gasteiger partial charge on any atom is 0.270 e. The number of non-ortho nitro benzene ring substituents is 1. The first kappa shape index (κ1) is 21.1. The van der Waals surface area contributed by atoms with Crippen LogP contribution in [0.5, 0.6) is 11.5 Å². The van der Waals surface area contributed by atoms with E-state index in [1.807, 2.05) is 6.07 Å². The molecule has 0 bridgehead atoms. The zero-order chi connectivity index (χ0) is 21.8. The van der Waals surface area contributed by atoms with Gasteiger partial charge in [-0.15, -0.1) is 11.3 Å². The van der Waals surface area contributed by atoms with Gasteiger partial charge in [-0.2, -0.15) is 5.26 Å². The summed E-state index contributed by atoms with van der Waals surface area (Å²) in [6, 6.07) is 10.8. The van der Waals surface area contributed by atoms with E-state index in [-0.39, 0.29) is 26.9 Å². The molecule has 30 heavy (non-hydrogen) atoms. The van der Waals surface area contributed by atoms with Gasteiger partial charge in [0.1, 0.15) is 22.4 Å². The number of ether oxygens (including phenoxy) is 2. The van der Waals surface area contributed by atoms with E-state index >= 15 is 0 Å². The van der Waals surface area contributed by atoms with Crippen molar-refractivity contribution in [2.24, 2.45) is 0 Å².